The molecular formula is C17H15ClNO2Y-. The molecule has 1 radical (unpaired) electrons. The number of aromatic nitrogens is 1. The fraction of sp³-hybridized carbons (Fsp3) is 0.235. The Morgan fingerprint density at radius 1 is 1.41 bits per heavy atom. The molecule has 2 rings (SSSR count). The Morgan fingerprint density at radius 2 is 2.14 bits per heavy atom. The molecule has 0 saturated heterocycles. The number of benzene rings is 1. The molecule has 0 N–H and O–H groups in total. The first-order valence-electron chi connectivity index (χ1n) is 6.45. The van der Waals surface area contributed by atoms with E-state index in [1.165, 1.54) is 0 Å². The zero-order valence-corrected chi connectivity index (χ0v) is 16.3. The maximum atomic E-state index is 12.0. The Hall–Kier alpha value is -1.08. The van der Waals surface area contributed by atoms with Crippen LogP contribution >= 0.6 is 11.6 Å². The summed E-state index contributed by atoms with van der Waals surface area (Å²) in [6, 6.07) is 10.1. The van der Waals surface area contributed by atoms with E-state index in [4.69, 9.17) is 16.3 Å². The van der Waals surface area contributed by atoms with Gasteiger partial charge in [0.15, 0.2) is 5.56 Å². The van der Waals surface area contributed by atoms with Crippen LogP contribution in [-0.4, -0.2) is 11.2 Å². The standard InChI is InChI=1S/C17H15ClNO2.Y/c1-4-5-10-21-13-7-8-14(15(18)11-13)16-9-6-12(2)17(20)19(16)3;/h6-8,11H,10H2,1-3H3;/q-1;. The number of hydrogen-bond donors (Lipinski definition) is 0. The number of aryl methyl sites for hydroxylation is 1. The predicted molar refractivity (Wildman–Crippen MR) is 84.6 cm³/mol. The van der Waals surface area contributed by atoms with Crippen LogP contribution in [0.1, 0.15) is 12.5 Å². The molecular weight excluding hydrogens is 375 g/mol. The molecule has 1 heterocycles. The van der Waals surface area contributed by atoms with Crippen LogP contribution in [-0.2, 0) is 39.8 Å². The van der Waals surface area contributed by atoms with Crippen LogP contribution in [0.5, 0.6) is 5.75 Å². The Bertz CT molecular complexity index is 787. The third kappa shape index (κ3) is 4.23. The molecule has 0 bridgehead atoms. The summed E-state index contributed by atoms with van der Waals surface area (Å²) in [6.45, 7) is 3.84. The van der Waals surface area contributed by atoms with Crippen molar-refractivity contribution in [3.63, 3.8) is 0 Å². The van der Waals surface area contributed by atoms with Crippen LogP contribution in [0.15, 0.2) is 29.1 Å². The van der Waals surface area contributed by atoms with Gasteiger partial charge in [0.1, 0.15) is 12.4 Å². The first-order valence-corrected chi connectivity index (χ1v) is 6.83. The average Bonchev–Trinajstić information content (AvgIpc) is 2.46. The molecule has 0 aliphatic rings. The molecule has 0 aliphatic heterocycles. The topological polar surface area (TPSA) is 31.2 Å². The second kappa shape index (κ2) is 8.53. The van der Waals surface area contributed by atoms with Gasteiger partial charge in [0.25, 0.3) is 0 Å². The summed E-state index contributed by atoms with van der Waals surface area (Å²) >= 11 is 6.29. The van der Waals surface area contributed by atoms with Gasteiger partial charge in [-0.25, -0.2) is 0 Å². The van der Waals surface area contributed by atoms with Crippen LogP contribution in [0.3, 0.4) is 0 Å². The van der Waals surface area contributed by atoms with Crippen molar-refractivity contribution in [1.82, 2.24) is 4.57 Å². The van der Waals surface area contributed by atoms with E-state index in [0.717, 1.165) is 5.56 Å². The SMILES string of the molecule is CC#CCOc1ccc(-c2[c-]cc(C)c(=O)n2C)c(Cl)c1.[Y]. The van der Waals surface area contributed by atoms with E-state index >= 15 is 0 Å². The second-order valence-corrected chi connectivity index (χ2v) is 4.95. The molecule has 0 fully saturated rings. The first kappa shape index (κ1) is 19.0. The number of pyridine rings is 1. The molecule has 0 atom stereocenters. The fourth-order valence-electron chi connectivity index (χ4n) is 1.93. The van der Waals surface area contributed by atoms with Crippen molar-refractivity contribution in [1.29, 1.82) is 0 Å². The molecule has 1 aromatic carbocycles. The van der Waals surface area contributed by atoms with Crippen LogP contribution in [0.4, 0.5) is 0 Å². The molecule has 0 unspecified atom stereocenters. The number of halogens is 1. The molecule has 0 saturated carbocycles. The van der Waals surface area contributed by atoms with Gasteiger partial charge in [0.2, 0.25) is 0 Å². The molecule has 5 heteroatoms. The molecule has 2 aromatic rings. The van der Waals surface area contributed by atoms with Gasteiger partial charge in [0, 0.05) is 39.8 Å². The summed E-state index contributed by atoms with van der Waals surface area (Å²) in [7, 11) is 1.71. The Kier molecular flexibility index (Phi) is 7.35. The van der Waals surface area contributed by atoms with Crippen molar-refractivity contribution in [2.24, 2.45) is 7.05 Å². The third-order valence-corrected chi connectivity index (χ3v) is 3.40. The maximum absolute atomic E-state index is 12.0. The minimum atomic E-state index is -0.0571. The second-order valence-electron chi connectivity index (χ2n) is 4.54. The van der Waals surface area contributed by atoms with Gasteiger partial charge in [-0.2, -0.15) is 12.1 Å². The Balaban J connectivity index is 0.00000242. The maximum Gasteiger partial charge on any atom is 0.197 e. The summed E-state index contributed by atoms with van der Waals surface area (Å²) in [5.74, 6) is 6.22. The molecule has 0 aliphatic carbocycles. The van der Waals surface area contributed by atoms with E-state index < -0.39 is 0 Å². The van der Waals surface area contributed by atoms with E-state index in [1.807, 2.05) is 6.07 Å². The molecule has 1 aromatic heterocycles. The van der Waals surface area contributed by atoms with Crippen molar-refractivity contribution in [2.45, 2.75) is 13.8 Å². The molecule has 0 spiro atoms. The normalized spacial score (nSPS) is 9.45. The van der Waals surface area contributed by atoms with Crippen molar-refractivity contribution < 1.29 is 37.4 Å². The quantitative estimate of drug-likeness (QED) is 0.596. The van der Waals surface area contributed by atoms with E-state index in [-0.39, 0.29) is 38.3 Å². The van der Waals surface area contributed by atoms with E-state index in [2.05, 4.69) is 17.9 Å². The van der Waals surface area contributed by atoms with E-state index in [9.17, 15) is 4.79 Å². The van der Waals surface area contributed by atoms with Crippen LogP contribution in [0.25, 0.3) is 11.3 Å². The van der Waals surface area contributed by atoms with Gasteiger partial charge in [-0.1, -0.05) is 41.3 Å². The molecule has 3 nitrogen and oxygen atoms in total. The van der Waals surface area contributed by atoms with Gasteiger partial charge in [-0.3, -0.25) is 4.79 Å². The monoisotopic (exact) mass is 389 g/mol. The van der Waals surface area contributed by atoms with Gasteiger partial charge < -0.3 is 9.30 Å². The number of rotatable bonds is 3. The van der Waals surface area contributed by atoms with Crippen molar-refractivity contribution in [3.8, 4) is 28.8 Å². The smallest absolute Gasteiger partial charge is 0.197 e. The van der Waals surface area contributed by atoms with Gasteiger partial charge in [0.05, 0.1) is 0 Å². The predicted octanol–water partition coefficient (Wildman–Crippen LogP) is 3.21. The van der Waals surface area contributed by atoms with Crippen molar-refractivity contribution >= 4 is 11.6 Å². The van der Waals surface area contributed by atoms with Crippen LogP contribution < -0.4 is 10.3 Å². The largest absolute Gasteiger partial charge is 0.481 e. The summed E-state index contributed by atoms with van der Waals surface area (Å²) in [5, 5.41) is 0.507. The third-order valence-electron chi connectivity index (χ3n) is 3.09. The van der Waals surface area contributed by atoms with E-state index in [0.29, 0.717) is 28.6 Å². The minimum absolute atomic E-state index is 0. The Morgan fingerprint density at radius 3 is 2.77 bits per heavy atom. The minimum Gasteiger partial charge on any atom is -0.481 e. The molecule has 22 heavy (non-hydrogen) atoms. The van der Waals surface area contributed by atoms with Crippen molar-refractivity contribution in [2.75, 3.05) is 6.61 Å². The van der Waals surface area contributed by atoms with Gasteiger partial charge in [-0.15, -0.1) is 12.0 Å². The average molecular weight is 390 g/mol. The number of nitrogens with zero attached hydrogens (tertiary/aromatic N) is 1. The fourth-order valence-corrected chi connectivity index (χ4v) is 2.19. The summed E-state index contributed by atoms with van der Waals surface area (Å²) < 4.78 is 7.00. The zero-order chi connectivity index (χ0) is 15.4. The van der Waals surface area contributed by atoms with Gasteiger partial charge in [-0.05, 0) is 24.1 Å². The number of ether oxygens (including phenoxy) is 1. The van der Waals surface area contributed by atoms with E-state index in [1.54, 1.807) is 43.7 Å². The number of hydrogen-bond acceptors (Lipinski definition) is 2. The van der Waals surface area contributed by atoms with Crippen LogP contribution in [0.2, 0.25) is 5.02 Å². The summed E-state index contributed by atoms with van der Waals surface area (Å²) in [4.78, 5) is 12.0. The van der Waals surface area contributed by atoms with Crippen molar-refractivity contribution in [3.05, 3.63) is 51.3 Å². The summed E-state index contributed by atoms with van der Waals surface area (Å²) in [6.07, 6.45) is 0. The van der Waals surface area contributed by atoms with Gasteiger partial charge >= 0.3 is 0 Å². The Labute approximate surface area is 160 Å². The first-order chi connectivity index (χ1) is 10.0. The zero-order valence-electron chi connectivity index (χ0n) is 12.7. The molecule has 0 amide bonds. The molecule has 111 valence electrons. The van der Waals surface area contributed by atoms with Crippen LogP contribution in [0, 0.1) is 24.8 Å². The summed E-state index contributed by atoms with van der Waals surface area (Å²) in [5.41, 5.74) is 1.98.